The molecule has 0 bridgehead atoms. The summed E-state index contributed by atoms with van der Waals surface area (Å²) >= 11 is 1.04. The second-order valence-corrected chi connectivity index (χ2v) is 5.01. The Kier molecular flexibility index (Phi) is 3.97. The molecular formula is C15H11N3O2S. The first-order chi connectivity index (χ1) is 10.3. The summed E-state index contributed by atoms with van der Waals surface area (Å²) < 4.78 is 9.14. The van der Waals surface area contributed by atoms with Gasteiger partial charge in [0.15, 0.2) is 4.88 Å². The smallest absolute Gasteiger partial charge is 0.352 e. The number of rotatable bonds is 4. The summed E-state index contributed by atoms with van der Waals surface area (Å²) in [6.45, 7) is 0.179. The summed E-state index contributed by atoms with van der Waals surface area (Å²) in [5.74, 6) is -0.423. The van der Waals surface area contributed by atoms with Gasteiger partial charge in [-0.2, -0.15) is 0 Å². The molecule has 0 unspecified atom stereocenters. The summed E-state index contributed by atoms with van der Waals surface area (Å²) in [5.41, 5.74) is 2.24. The number of hydrogen-bond donors (Lipinski definition) is 0. The van der Waals surface area contributed by atoms with Crippen LogP contribution in [0, 0.1) is 0 Å². The van der Waals surface area contributed by atoms with Gasteiger partial charge in [0, 0.05) is 23.5 Å². The van der Waals surface area contributed by atoms with Crippen molar-refractivity contribution < 1.29 is 9.53 Å². The van der Waals surface area contributed by atoms with E-state index < -0.39 is 5.97 Å². The van der Waals surface area contributed by atoms with Crippen molar-refractivity contribution in [3.8, 4) is 11.3 Å². The van der Waals surface area contributed by atoms with Gasteiger partial charge >= 0.3 is 5.97 Å². The number of carbonyl (C=O) groups excluding carboxylic acids is 1. The van der Waals surface area contributed by atoms with Crippen molar-refractivity contribution in [2.24, 2.45) is 0 Å². The van der Waals surface area contributed by atoms with Crippen LogP contribution < -0.4 is 0 Å². The highest BCUT2D eigenvalue weighted by Crippen LogP contribution is 2.24. The molecule has 104 valence electrons. The number of esters is 1. The van der Waals surface area contributed by atoms with E-state index in [9.17, 15) is 4.79 Å². The first-order valence-corrected chi connectivity index (χ1v) is 7.06. The minimum absolute atomic E-state index is 0.179. The molecule has 3 aromatic rings. The van der Waals surface area contributed by atoms with E-state index in [0.717, 1.165) is 22.7 Å². The Balaban J connectivity index is 1.76. The number of aromatic nitrogens is 3. The third-order valence-corrected chi connectivity index (χ3v) is 3.52. The Labute approximate surface area is 125 Å². The minimum atomic E-state index is -0.423. The lowest BCUT2D eigenvalue weighted by atomic mass is 10.1. The molecule has 2 aromatic heterocycles. The van der Waals surface area contributed by atoms with Crippen molar-refractivity contribution in [1.82, 2.24) is 14.6 Å². The molecule has 0 aliphatic rings. The van der Waals surface area contributed by atoms with Crippen LogP contribution in [0.5, 0.6) is 0 Å². The van der Waals surface area contributed by atoms with E-state index in [0.29, 0.717) is 10.6 Å². The van der Waals surface area contributed by atoms with Gasteiger partial charge in [0.2, 0.25) is 0 Å². The Bertz CT molecular complexity index is 729. The number of benzene rings is 1. The maximum absolute atomic E-state index is 12.2. The molecule has 0 N–H and O–H groups in total. The van der Waals surface area contributed by atoms with Crippen LogP contribution in [-0.2, 0) is 11.3 Å². The lowest BCUT2D eigenvalue weighted by Gasteiger charge is -2.04. The molecular weight excluding hydrogens is 286 g/mol. The minimum Gasteiger partial charge on any atom is -0.456 e. The quantitative estimate of drug-likeness (QED) is 0.693. The summed E-state index contributed by atoms with van der Waals surface area (Å²) in [7, 11) is 0. The molecule has 5 nitrogen and oxygen atoms in total. The molecule has 0 radical (unpaired) electrons. The van der Waals surface area contributed by atoms with Crippen LogP contribution in [0.4, 0.5) is 0 Å². The SMILES string of the molecule is O=C(OCc1cccnc1)c1snnc1-c1ccccc1. The number of nitrogens with zero attached hydrogens (tertiary/aromatic N) is 3. The van der Waals surface area contributed by atoms with Gasteiger partial charge in [-0.15, -0.1) is 5.10 Å². The largest absolute Gasteiger partial charge is 0.456 e. The van der Waals surface area contributed by atoms with Crippen LogP contribution in [0.3, 0.4) is 0 Å². The zero-order chi connectivity index (χ0) is 14.5. The summed E-state index contributed by atoms with van der Waals surface area (Å²) in [4.78, 5) is 16.5. The van der Waals surface area contributed by atoms with Crippen molar-refractivity contribution in [3.63, 3.8) is 0 Å². The van der Waals surface area contributed by atoms with Crippen LogP contribution in [0.1, 0.15) is 15.2 Å². The molecule has 6 heteroatoms. The third-order valence-electron chi connectivity index (χ3n) is 2.81. The number of hydrogen-bond acceptors (Lipinski definition) is 6. The molecule has 0 saturated heterocycles. The maximum atomic E-state index is 12.2. The molecule has 0 spiro atoms. The van der Waals surface area contributed by atoms with E-state index in [1.807, 2.05) is 36.4 Å². The molecule has 0 fully saturated rings. The average Bonchev–Trinajstić information content (AvgIpc) is 3.04. The summed E-state index contributed by atoms with van der Waals surface area (Å²) in [6, 6.07) is 13.1. The fourth-order valence-electron chi connectivity index (χ4n) is 1.81. The van der Waals surface area contributed by atoms with E-state index in [-0.39, 0.29) is 6.61 Å². The third kappa shape index (κ3) is 3.11. The second-order valence-electron chi connectivity index (χ2n) is 4.25. The van der Waals surface area contributed by atoms with Crippen molar-refractivity contribution in [1.29, 1.82) is 0 Å². The number of ether oxygens (including phenoxy) is 1. The Morgan fingerprint density at radius 1 is 1.14 bits per heavy atom. The van der Waals surface area contributed by atoms with Crippen molar-refractivity contribution in [2.45, 2.75) is 6.61 Å². The van der Waals surface area contributed by atoms with Gasteiger partial charge in [-0.05, 0) is 17.6 Å². The molecule has 0 aliphatic carbocycles. The first-order valence-electron chi connectivity index (χ1n) is 6.28. The first kappa shape index (κ1) is 13.4. The zero-order valence-corrected chi connectivity index (χ0v) is 11.8. The van der Waals surface area contributed by atoms with Crippen molar-refractivity contribution in [3.05, 3.63) is 65.3 Å². The predicted molar refractivity (Wildman–Crippen MR) is 78.7 cm³/mol. The van der Waals surface area contributed by atoms with Crippen LogP contribution in [-0.4, -0.2) is 20.5 Å². The van der Waals surface area contributed by atoms with Crippen molar-refractivity contribution >= 4 is 17.5 Å². The highest BCUT2D eigenvalue weighted by molar-refractivity contribution is 7.08. The molecule has 21 heavy (non-hydrogen) atoms. The number of pyridine rings is 1. The van der Waals surface area contributed by atoms with Gasteiger partial charge in [-0.25, -0.2) is 4.79 Å². The van der Waals surface area contributed by atoms with E-state index in [1.165, 1.54) is 0 Å². The maximum Gasteiger partial charge on any atom is 0.352 e. The molecule has 0 atom stereocenters. The zero-order valence-electron chi connectivity index (χ0n) is 11.0. The molecule has 1 aromatic carbocycles. The lowest BCUT2D eigenvalue weighted by molar-refractivity contribution is 0.0479. The molecule has 0 aliphatic heterocycles. The number of carbonyl (C=O) groups is 1. The van der Waals surface area contributed by atoms with Crippen LogP contribution in [0.25, 0.3) is 11.3 Å². The van der Waals surface area contributed by atoms with E-state index in [1.54, 1.807) is 18.5 Å². The molecule has 0 saturated carbocycles. The van der Waals surface area contributed by atoms with Crippen molar-refractivity contribution in [2.75, 3.05) is 0 Å². The van der Waals surface area contributed by atoms with Gasteiger partial charge in [-0.1, -0.05) is 40.9 Å². The molecule has 3 rings (SSSR count). The molecule has 2 heterocycles. The monoisotopic (exact) mass is 297 g/mol. The standard InChI is InChI=1S/C15H11N3O2S/c19-15(20-10-11-5-4-8-16-9-11)14-13(17-18-21-14)12-6-2-1-3-7-12/h1-9H,10H2. The topological polar surface area (TPSA) is 65.0 Å². The summed E-state index contributed by atoms with van der Waals surface area (Å²) in [6.07, 6.45) is 3.34. The van der Waals surface area contributed by atoms with E-state index in [4.69, 9.17) is 4.74 Å². The Morgan fingerprint density at radius 3 is 2.76 bits per heavy atom. The van der Waals surface area contributed by atoms with Gasteiger partial charge in [0.05, 0.1) is 0 Å². The van der Waals surface area contributed by atoms with E-state index >= 15 is 0 Å². The fraction of sp³-hybridized carbons (Fsp3) is 0.0667. The van der Waals surface area contributed by atoms with Gasteiger partial charge in [0.1, 0.15) is 12.3 Å². The van der Waals surface area contributed by atoms with Gasteiger partial charge in [0.25, 0.3) is 0 Å². The predicted octanol–water partition coefficient (Wildman–Crippen LogP) is 2.96. The van der Waals surface area contributed by atoms with Crippen LogP contribution >= 0.6 is 11.5 Å². The lowest BCUT2D eigenvalue weighted by Crippen LogP contribution is -2.05. The molecule has 0 amide bonds. The fourth-order valence-corrected chi connectivity index (χ4v) is 2.39. The Morgan fingerprint density at radius 2 is 2.00 bits per heavy atom. The normalized spacial score (nSPS) is 10.3. The van der Waals surface area contributed by atoms with Crippen LogP contribution in [0.2, 0.25) is 0 Å². The Hall–Kier alpha value is -2.60. The highest BCUT2D eigenvalue weighted by atomic mass is 32.1. The average molecular weight is 297 g/mol. The van der Waals surface area contributed by atoms with Gasteiger partial charge in [-0.3, -0.25) is 4.98 Å². The van der Waals surface area contributed by atoms with E-state index in [2.05, 4.69) is 14.6 Å². The van der Waals surface area contributed by atoms with Crippen LogP contribution in [0.15, 0.2) is 54.9 Å². The summed E-state index contributed by atoms with van der Waals surface area (Å²) in [5, 5.41) is 4.02. The highest BCUT2D eigenvalue weighted by Gasteiger charge is 2.19. The van der Waals surface area contributed by atoms with Gasteiger partial charge < -0.3 is 4.74 Å². The second kappa shape index (κ2) is 6.23.